The molecule has 0 unspecified atom stereocenters. The highest BCUT2D eigenvalue weighted by molar-refractivity contribution is 7.10. The molecule has 0 fully saturated rings. The quantitative estimate of drug-likeness (QED) is 0.809. The van der Waals surface area contributed by atoms with Crippen LogP contribution in [0.5, 0.6) is 0 Å². The first-order chi connectivity index (χ1) is 10.1. The van der Waals surface area contributed by atoms with Crippen molar-refractivity contribution >= 4 is 17.3 Å². The summed E-state index contributed by atoms with van der Waals surface area (Å²) < 4.78 is 10.5. The van der Waals surface area contributed by atoms with Crippen LogP contribution in [0.3, 0.4) is 0 Å². The van der Waals surface area contributed by atoms with Crippen LogP contribution in [-0.4, -0.2) is 11.1 Å². The Hall–Kier alpha value is -1.62. The Bertz CT molecular complexity index is 652. The molecule has 1 atom stereocenters. The maximum atomic E-state index is 12.3. The second-order valence-corrected chi connectivity index (χ2v) is 6.74. The van der Waals surface area contributed by atoms with Gasteiger partial charge >= 0.3 is 5.97 Å². The van der Waals surface area contributed by atoms with Crippen molar-refractivity contribution in [2.75, 3.05) is 0 Å². The number of aromatic nitrogens is 1. The molecule has 112 valence electrons. The molecule has 1 aliphatic carbocycles. The van der Waals surface area contributed by atoms with E-state index in [-0.39, 0.29) is 12.6 Å². The summed E-state index contributed by atoms with van der Waals surface area (Å²) in [7, 11) is 0. The van der Waals surface area contributed by atoms with E-state index < -0.39 is 0 Å². The third kappa shape index (κ3) is 2.75. The van der Waals surface area contributed by atoms with Gasteiger partial charge in [-0.2, -0.15) is 0 Å². The van der Waals surface area contributed by atoms with Crippen molar-refractivity contribution in [2.45, 2.75) is 46.6 Å². The van der Waals surface area contributed by atoms with Crippen LogP contribution in [0.15, 0.2) is 9.90 Å². The van der Waals surface area contributed by atoms with E-state index >= 15 is 0 Å². The number of hydrogen-bond donors (Lipinski definition) is 0. The van der Waals surface area contributed by atoms with Gasteiger partial charge in [0.05, 0.1) is 16.8 Å². The number of thiophene rings is 1. The van der Waals surface area contributed by atoms with Crippen molar-refractivity contribution in [3.63, 3.8) is 0 Å². The summed E-state index contributed by atoms with van der Waals surface area (Å²) in [5, 5.41) is 5.81. The van der Waals surface area contributed by atoms with E-state index in [1.807, 2.05) is 19.2 Å². The van der Waals surface area contributed by atoms with Crippen LogP contribution in [0.25, 0.3) is 0 Å². The van der Waals surface area contributed by atoms with Crippen molar-refractivity contribution in [3.8, 4) is 0 Å². The van der Waals surface area contributed by atoms with Gasteiger partial charge in [0.2, 0.25) is 0 Å². The number of hydrogen-bond acceptors (Lipinski definition) is 5. The Balaban J connectivity index is 1.72. The maximum absolute atomic E-state index is 12.3. The van der Waals surface area contributed by atoms with E-state index in [0.29, 0.717) is 11.7 Å². The molecule has 4 nitrogen and oxygen atoms in total. The van der Waals surface area contributed by atoms with Crippen molar-refractivity contribution in [1.29, 1.82) is 0 Å². The van der Waals surface area contributed by atoms with E-state index in [1.54, 1.807) is 11.3 Å². The second kappa shape index (κ2) is 5.64. The molecule has 0 N–H and O–H groups in total. The molecule has 0 radical (unpaired) electrons. The van der Waals surface area contributed by atoms with Gasteiger partial charge in [0.15, 0.2) is 0 Å². The fourth-order valence-corrected chi connectivity index (χ4v) is 4.01. The summed E-state index contributed by atoms with van der Waals surface area (Å²) >= 11 is 1.68. The lowest BCUT2D eigenvalue weighted by Gasteiger charge is -2.18. The number of fused-ring (bicyclic) bond motifs is 1. The summed E-state index contributed by atoms with van der Waals surface area (Å²) in [5.74, 6) is 1.19. The topological polar surface area (TPSA) is 52.3 Å². The number of carbonyl (C=O) groups excluding carboxylic acids is 1. The minimum absolute atomic E-state index is 0.223. The Morgan fingerprint density at radius 3 is 3.05 bits per heavy atom. The predicted octanol–water partition coefficient (Wildman–Crippen LogP) is 3.83. The number of nitrogens with zero attached hydrogens (tertiary/aromatic N) is 1. The summed E-state index contributed by atoms with van der Waals surface area (Å²) in [5.41, 5.74) is 3.58. The normalized spacial score (nSPS) is 17.6. The first kappa shape index (κ1) is 14.3. The molecule has 5 heteroatoms. The van der Waals surface area contributed by atoms with Gasteiger partial charge in [-0.25, -0.2) is 4.79 Å². The lowest BCUT2D eigenvalue weighted by atomic mass is 9.88. The van der Waals surface area contributed by atoms with Crippen LogP contribution in [0.4, 0.5) is 0 Å². The molecule has 1 aliphatic rings. The monoisotopic (exact) mass is 305 g/mol. The second-order valence-electron chi connectivity index (χ2n) is 5.78. The van der Waals surface area contributed by atoms with Crippen LogP contribution in [0.2, 0.25) is 0 Å². The van der Waals surface area contributed by atoms with Crippen molar-refractivity contribution in [2.24, 2.45) is 5.92 Å². The largest absolute Gasteiger partial charge is 0.457 e. The molecule has 0 bridgehead atoms. The highest BCUT2D eigenvalue weighted by Crippen LogP contribution is 2.33. The smallest absolute Gasteiger partial charge is 0.339 e. The van der Waals surface area contributed by atoms with Crippen LogP contribution in [0, 0.1) is 19.8 Å². The molecule has 0 amide bonds. The van der Waals surface area contributed by atoms with Gasteiger partial charge in [0, 0.05) is 10.3 Å². The first-order valence-electron chi connectivity index (χ1n) is 7.24. The number of carbonyl (C=O) groups is 1. The van der Waals surface area contributed by atoms with Gasteiger partial charge in [-0.15, -0.1) is 11.3 Å². The summed E-state index contributed by atoms with van der Waals surface area (Å²) in [4.78, 5) is 13.7. The minimum atomic E-state index is -0.234. The standard InChI is InChI=1S/C16H19NO3S/c1-9-4-5-12-14(8-21-15(12)6-9)16(18)19-7-13-10(2)17-20-11(13)3/h8-9H,4-7H2,1-3H3/t9-/m1/s1. The minimum Gasteiger partial charge on any atom is -0.457 e. The third-order valence-corrected chi connectivity index (χ3v) is 5.20. The Kier molecular flexibility index (Phi) is 3.85. The van der Waals surface area contributed by atoms with Gasteiger partial charge < -0.3 is 9.26 Å². The molecule has 2 aromatic rings. The van der Waals surface area contributed by atoms with Crippen molar-refractivity contribution in [1.82, 2.24) is 5.16 Å². The molecule has 21 heavy (non-hydrogen) atoms. The zero-order chi connectivity index (χ0) is 15.0. The average molecular weight is 305 g/mol. The molecule has 3 rings (SSSR count). The van der Waals surface area contributed by atoms with Gasteiger partial charge in [-0.1, -0.05) is 12.1 Å². The first-order valence-corrected chi connectivity index (χ1v) is 8.12. The summed E-state index contributed by atoms with van der Waals surface area (Å²) in [6.07, 6.45) is 3.21. The third-order valence-electron chi connectivity index (χ3n) is 4.15. The maximum Gasteiger partial charge on any atom is 0.339 e. The van der Waals surface area contributed by atoms with Crippen LogP contribution < -0.4 is 0 Å². The van der Waals surface area contributed by atoms with E-state index in [4.69, 9.17) is 9.26 Å². The molecular weight excluding hydrogens is 286 g/mol. The lowest BCUT2D eigenvalue weighted by Crippen LogP contribution is -2.13. The lowest BCUT2D eigenvalue weighted by molar-refractivity contribution is 0.0470. The Morgan fingerprint density at radius 1 is 1.52 bits per heavy atom. The van der Waals surface area contributed by atoms with Gasteiger partial charge in [0.1, 0.15) is 12.4 Å². The van der Waals surface area contributed by atoms with Gasteiger partial charge in [0.25, 0.3) is 0 Å². The van der Waals surface area contributed by atoms with E-state index in [2.05, 4.69) is 12.1 Å². The number of esters is 1. The van der Waals surface area contributed by atoms with E-state index in [1.165, 1.54) is 10.4 Å². The summed E-state index contributed by atoms with van der Waals surface area (Å²) in [6, 6.07) is 0. The van der Waals surface area contributed by atoms with E-state index in [0.717, 1.165) is 36.1 Å². The fourth-order valence-electron chi connectivity index (χ4n) is 2.77. The Morgan fingerprint density at radius 2 is 2.33 bits per heavy atom. The van der Waals surface area contributed by atoms with Gasteiger partial charge in [-0.05, 0) is 44.6 Å². The van der Waals surface area contributed by atoms with Crippen LogP contribution >= 0.6 is 11.3 Å². The molecule has 0 saturated carbocycles. The fraction of sp³-hybridized carbons (Fsp3) is 0.500. The molecule has 0 spiro atoms. The van der Waals surface area contributed by atoms with Crippen LogP contribution in [0.1, 0.15) is 51.2 Å². The molecule has 0 aromatic carbocycles. The Labute approximate surface area is 128 Å². The van der Waals surface area contributed by atoms with Gasteiger partial charge in [-0.3, -0.25) is 0 Å². The molecule has 2 heterocycles. The number of aryl methyl sites for hydroxylation is 2. The number of ether oxygens (including phenoxy) is 1. The molecule has 2 aromatic heterocycles. The zero-order valence-corrected chi connectivity index (χ0v) is 13.4. The molecular formula is C16H19NO3S. The van der Waals surface area contributed by atoms with Crippen LogP contribution in [-0.2, 0) is 24.2 Å². The SMILES string of the molecule is Cc1noc(C)c1COC(=O)c1csc2c1CC[C@@H](C)C2. The highest BCUT2D eigenvalue weighted by atomic mass is 32.1. The highest BCUT2D eigenvalue weighted by Gasteiger charge is 2.24. The predicted molar refractivity (Wildman–Crippen MR) is 80.6 cm³/mol. The average Bonchev–Trinajstić information content (AvgIpc) is 3.00. The summed E-state index contributed by atoms with van der Waals surface area (Å²) in [6.45, 7) is 6.17. The van der Waals surface area contributed by atoms with Crippen molar-refractivity contribution < 1.29 is 14.1 Å². The van der Waals surface area contributed by atoms with Crippen molar-refractivity contribution in [3.05, 3.63) is 38.4 Å². The molecule has 0 saturated heterocycles. The number of rotatable bonds is 3. The zero-order valence-electron chi connectivity index (χ0n) is 12.6. The molecule has 0 aliphatic heterocycles. The van der Waals surface area contributed by atoms with E-state index in [9.17, 15) is 4.79 Å².